The van der Waals surface area contributed by atoms with Crippen LogP contribution < -0.4 is 0 Å². The molecule has 5 heteroatoms. The fourth-order valence-corrected chi connectivity index (χ4v) is 2.57. The summed E-state index contributed by atoms with van der Waals surface area (Å²) in [6.45, 7) is 2.25. The molecule has 0 spiro atoms. The van der Waals surface area contributed by atoms with Crippen LogP contribution in [0.3, 0.4) is 0 Å². The number of hydrogen-bond donors (Lipinski definition) is 0. The Bertz CT molecular complexity index is 573. The van der Waals surface area contributed by atoms with Gasteiger partial charge in [0, 0.05) is 13.2 Å². The van der Waals surface area contributed by atoms with Gasteiger partial charge in [-0.2, -0.15) is 5.10 Å². The highest BCUT2D eigenvalue weighted by Crippen LogP contribution is 2.32. The van der Waals surface area contributed by atoms with Crippen molar-refractivity contribution in [3.63, 3.8) is 0 Å². The van der Waals surface area contributed by atoms with Gasteiger partial charge in [0.15, 0.2) is 5.70 Å². The molecule has 1 aliphatic heterocycles. The van der Waals surface area contributed by atoms with Crippen molar-refractivity contribution in [2.75, 3.05) is 0 Å². The minimum absolute atomic E-state index is 0.319. The van der Waals surface area contributed by atoms with Gasteiger partial charge in [0.05, 0.1) is 0 Å². The van der Waals surface area contributed by atoms with Crippen LogP contribution in [0.2, 0.25) is 0 Å². The third-order valence-corrected chi connectivity index (χ3v) is 3.85. The van der Waals surface area contributed by atoms with Crippen LogP contribution in [0.1, 0.15) is 38.3 Å². The minimum atomic E-state index is -0.319. The first-order valence-corrected chi connectivity index (χ1v) is 6.66. The van der Waals surface area contributed by atoms with Gasteiger partial charge in [0.2, 0.25) is 5.90 Å². The van der Waals surface area contributed by atoms with E-state index in [9.17, 15) is 4.79 Å². The van der Waals surface area contributed by atoms with Crippen molar-refractivity contribution < 1.29 is 9.53 Å². The Morgan fingerprint density at radius 3 is 2.74 bits per heavy atom. The van der Waals surface area contributed by atoms with Crippen molar-refractivity contribution in [1.29, 1.82) is 0 Å². The van der Waals surface area contributed by atoms with Crippen LogP contribution in [0.15, 0.2) is 28.5 Å². The first-order chi connectivity index (χ1) is 9.15. The Morgan fingerprint density at radius 2 is 2.11 bits per heavy atom. The molecule has 1 aromatic heterocycles. The first kappa shape index (κ1) is 12.1. The molecule has 5 nitrogen and oxygen atoms in total. The molecule has 0 N–H and O–H groups in total. The number of rotatable bonds is 1. The van der Waals surface area contributed by atoms with Gasteiger partial charge >= 0.3 is 5.97 Å². The Morgan fingerprint density at radius 1 is 1.37 bits per heavy atom. The van der Waals surface area contributed by atoms with E-state index < -0.39 is 0 Å². The quantitative estimate of drug-likeness (QED) is 0.574. The van der Waals surface area contributed by atoms with E-state index in [1.54, 1.807) is 24.0 Å². The number of ether oxygens (including phenoxy) is 1. The number of allylic oxidation sites excluding steroid dienone is 1. The maximum absolute atomic E-state index is 11.9. The lowest BCUT2D eigenvalue weighted by Gasteiger charge is -2.20. The average molecular weight is 259 g/mol. The highest BCUT2D eigenvalue weighted by molar-refractivity contribution is 6.10. The van der Waals surface area contributed by atoms with E-state index in [2.05, 4.69) is 17.0 Å². The standard InChI is InChI=1S/C14H17N3O2/c1-9-3-5-10(6-4-9)12-14(18)19-13(16-12)11-7-8-15-17(11)2/h7-9H,3-6H2,1-2H3. The minimum Gasteiger partial charge on any atom is -0.400 e. The fraction of sp³-hybridized carbons (Fsp3) is 0.500. The lowest BCUT2D eigenvalue weighted by atomic mass is 9.86. The van der Waals surface area contributed by atoms with Crippen LogP contribution in [0.4, 0.5) is 0 Å². The number of hydrogen-bond acceptors (Lipinski definition) is 4. The van der Waals surface area contributed by atoms with Crippen molar-refractivity contribution in [2.45, 2.75) is 32.6 Å². The first-order valence-electron chi connectivity index (χ1n) is 6.66. The molecule has 2 aliphatic rings. The van der Waals surface area contributed by atoms with Gasteiger partial charge in [-0.25, -0.2) is 9.79 Å². The van der Waals surface area contributed by atoms with Gasteiger partial charge in [-0.1, -0.05) is 6.92 Å². The zero-order chi connectivity index (χ0) is 13.4. The van der Waals surface area contributed by atoms with Gasteiger partial charge in [-0.3, -0.25) is 4.68 Å². The van der Waals surface area contributed by atoms with Gasteiger partial charge in [0.1, 0.15) is 5.69 Å². The summed E-state index contributed by atoms with van der Waals surface area (Å²) >= 11 is 0. The van der Waals surface area contributed by atoms with Crippen molar-refractivity contribution in [3.05, 3.63) is 29.2 Å². The SMILES string of the molecule is CC1CCC(=C2N=C(c3ccnn3C)OC2=O)CC1. The maximum Gasteiger partial charge on any atom is 0.363 e. The summed E-state index contributed by atoms with van der Waals surface area (Å²) in [5.41, 5.74) is 2.39. The molecule has 0 aromatic carbocycles. The van der Waals surface area contributed by atoms with Crippen molar-refractivity contribution in [2.24, 2.45) is 18.0 Å². The molecule has 1 fully saturated rings. The smallest absolute Gasteiger partial charge is 0.363 e. The lowest BCUT2D eigenvalue weighted by Crippen LogP contribution is -2.11. The number of carbonyl (C=O) groups is 1. The molecular weight excluding hydrogens is 242 g/mol. The van der Waals surface area contributed by atoms with E-state index in [0.29, 0.717) is 11.6 Å². The van der Waals surface area contributed by atoms with Crippen LogP contribution in [-0.4, -0.2) is 21.6 Å². The highest BCUT2D eigenvalue weighted by atomic mass is 16.6. The van der Waals surface area contributed by atoms with Gasteiger partial charge in [-0.15, -0.1) is 0 Å². The van der Waals surface area contributed by atoms with Crippen LogP contribution in [-0.2, 0) is 16.6 Å². The van der Waals surface area contributed by atoms with E-state index in [0.717, 1.165) is 42.9 Å². The molecule has 0 saturated heterocycles. The van der Waals surface area contributed by atoms with Crippen molar-refractivity contribution in [3.8, 4) is 0 Å². The van der Waals surface area contributed by atoms with Gasteiger partial charge in [-0.05, 0) is 43.2 Å². The monoisotopic (exact) mass is 259 g/mol. The molecule has 100 valence electrons. The van der Waals surface area contributed by atoms with E-state index in [1.165, 1.54) is 0 Å². The number of aromatic nitrogens is 2. The topological polar surface area (TPSA) is 56.5 Å². The second-order valence-electron chi connectivity index (χ2n) is 5.28. The Labute approximate surface area is 112 Å². The summed E-state index contributed by atoms with van der Waals surface area (Å²) in [7, 11) is 1.80. The molecule has 0 bridgehead atoms. The lowest BCUT2D eigenvalue weighted by molar-refractivity contribution is -0.130. The molecule has 1 aliphatic carbocycles. The molecule has 1 aromatic rings. The predicted molar refractivity (Wildman–Crippen MR) is 70.5 cm³/mol. The third-order valence-electron chi connectivity index (χ3n) is 3.85. The van der Waals surface area contributed by atoms with Crippen LogP contribution in [0, 0.1) is 5.92 Å². The summed E-state index contributed by atoms with van der Waals surface area (Å²) in [5, 5.41) is 4.06. The van der Waals surface area contributed by atoms with Crippen molar-refractivity contribution >= 4 is 11.9 Å². The number of cyclic esters (lactones) is 1. The average Bonchev–Trinajstić information content (AvgIpc) is 2.96. The Balaban J connectivity index is 1.91. The molecule has 0 radical (unpaired) electrons. The summed E-state index contributed by atoms with van der Waals surface area (Å²) in [6, 6.07) is 1.79. The van der Waals surface area contributed by atoms with E-state index in [1.807, 2.05) is 0 Å². The predicted octanol–water partition coefficient (Wildman–Crippen LogP) is 2.19. The largest absolute Gasteiger partial charge is 0.400 e. The maximum atomic E-state index is 11.9. The molecule has 3 rings (SSSR count). The molecule has 1 saturated carbocycles. The second kappa shape index (κ2) is 4.64. The summed E-state index contributed by atoms with van der Waals surface area (Å²) in [5.74, 6) is 0.786. The number of carbonyl (C=O) groups excluding carboxylic acids is 1. The number of aliphatic imine (C=N–C) groups is 1. The third kappa shape index (κ3) is 2.20. The molecule has 2 heterocycles. The molecule has 0 amide bonds. The van der Waals surface area contributed by atoms with Crippen LogP contribution in [0.25, 0.3) is 0 Å². The molecule has 0 unspecified atom stereocenters. The Kier molecular flexibility index (Phi) is 2.97. The molecule has 19 heavy (non-hydrogen) atoms. The van der Waals surface area contributed by atoms with E-state index in [-0.39, 0.29) is 5.97 Å². The van der Waals surface area contributed by atoms with E-state index >= 15 is 0 Å². The molecular formula is C14H17N3O2. The zero-order valence-corrected chi connectivity index (χ0v) is 11.2. The summed E-state index contributed by atoms with van der Waals surface area (Å²) in [4.78, 5) is 16.3. The number of aryl methyl sites for hydroxylation is 1. The van der Waals surface area contributed by atoms with Gasteiger partial charge in [0.25, 0.3) is 0 Å². The zero-order valence-electron chi connectivity index (χ0n) is 11.2. The van der Waals surface area contributed by atoms with Crippen molar-refractivity contribution in [1.82, 2.24) is 9.78 Å². The van der Waals surface area contributed by atoms with Crippen LogP contribution in [0.5, 0.6) is 0 Å². The van der Waals surface area contributed by atoms with E-state index in [4.69, 9.17) is 4.74 Å². The normalized spacial score (nSPS) is 23.6. The van der Waals surface area contributed by atoms with Crippen LogP contribution >= 0.6 is 0 Å². The second-order valence-corrected chi connectivity index (χ2v) is 5.28. The fourth-order valence-electron chi connectivity index (χ4n) is 2.57. The summed E-state index contributed by atoms with van der Waals surface area (Å²) < 4.78 is 6.93. The van der Waals surface area contributed by atoms with Gasteiger partial charge < -0.3 is 4.74 Å². The molecule has 0 atom stereocenters. The number of esters is 1. The number of nitrogens with zero attached hydrogens (tertiary/aromatic N) is 3. The highest BCUT2D eigenvalue weighted by Gasteiger charge is 2.29. The Hall–Kier alpha value is -1.91. The summed E-state index contributed by atoms with van der Waals surface area (Å²) in [6.07, 6.45) is 5.83.